The van der Waals surface area contributed by atoms with Crippen LogP contribution in [0.25, 0.3) is 11.1 Å². The average molecular weight is 260 g/mol. The molecule has 1 unspecified atom stereocenters. The van der Waals surface area contributed by atoms with E-state index in [1.807, 2.05) is 26.1 Å². The molecule has 4 heteroatoms. The number of rotatable bonds is 4. The predicted octanol–water partition coefficient (Wildman–Crippen LogP) is 2.68. The number of hydrogen-bond donors (Lipinski definition) is 1. The SMILES string of the molecule is CCn1c(=O)oc2cc(C(NC)C3CCC3)ccc21. The van der Waals surface area contributed by atoms with Gasteiger partial charge in [0.2, 0.25) is 0 Å². The summed E-state index contributed by atoms with van der Waals surface area (Å²) in [6, 6.07) is 6.50. The summed E-state index contributed by atoms with van der Waals surface area (Å²) in [5.74, 6) is 0.446. The van der Waals surface area contributed by atoms with Crippen LogP contribution in [0.2, 0.25) is 0 Å². The zero-order chi connectivity index (χ0) is 13.4. The lowest BCUT2D eigenvalue weighted by Gasteiger charge is -2.33. The van der Waals surface area contributed by atoms with E-state index in [2.05, 4.69) is 11.4 Å². The Labute approximate surface area is 112 Å². The molecule has 19 heavy (non-hydrogen) atoms. The quantitative estimate of drug-likeness (QED) is 0.919. The molecule has 102 valence electrons. The van der Waals surface area contributed by atoms with Gasteiger partial charge in [-0.3, -0.25) is 4.57 Å². The maximum atomic E-state index is 11.7. The summed E-state index contributed by atoms with van der Waals surface area (Å²) in [4.78, 5) is 11.7. The van der Waals surface area contributed by atoms with Crippen LogP contribution in [0.4, 0.5) is 0 Å². The molecule has 1 aliphatic carbocycles. The Balaban J connectivity index is 2.03. The molecule has 0 aliphatic heterocycles. The number of benzene rings is 1. The van der Waals surface area contributed by atoms with Crippen molar-refractivity contribution in [2.45, 2.75) is 38.8 Å². The minimum atomic E-state index is -0.265. The van der Waals surface area contributed by atoms with Crippen molar-refractivity contribution in [3.8, 4) is 0 Å². The van der Waals surface area contributed by atoms with E-state index in [4.69, 9.17) is 4.42 Å². The summed E-state index contributed by atoms with van der Waals surface area (Å²) in [7, 11) is 2.00. The van der Waals surface area contributed by atoms with Crippen LogP contribution in [0.1, 0.15) is 37.8 Å². The Morgan fingerprint density at radius 2 is 2.26 bits per heavy atom. The van der Waals surface area contributed by atoms with Crippen molar-refractivity contribution in [2.24, 2.45) is 5.92 Å². The third kappa shape index (κ3) is 2.00. The third-order valence-corrected chi connectivity index (χ3v) is 4.30. The largest absolute Gasteiger partial charge is 0.419 e. The second-order valence-electron chi connectivity index (χ2n) is 5.30. The van der Waals surface area contributed by atoms with Crippen LogP contribution >= 0.6 is 0 Å². The highest BCUT2D eigenvalue weighted by atomic mass is 16.4. The van der Waals surface area contributed by atoms with Gasteiger partial charge < -0.3 is 9.73 Å². The monoisotopic (exact) mass is 260 g/mol. The fraction of sp³-hybridized carbons (Fsp3) is 0.533. The molecule has 1 aromatic heterocycles. The normalized spacial score (nSPS) is 17.6. The van der Waals surface area contributed by atoms with Crippen LogP contribution in [0.5, 0.6) is 0 Å². The van der Waals surface area contributed by atoms with Crippen LogP contribution in [-0.2, 0) is 6.54 Å². The van der Waals surface area contributed by atoms with E-state index >= 15 is 0 Å². The van der Waals surface area contributed by atoms with Crippen molar-refractivity contribution in [1.82, 2.24) is 9.88 Å². The van der Waals surface area contributed by atoms with Gasteiger partial charge in [0.15, 0.2) is 5.58 Å². The Morgan fingerprint density at radius 1 is 1.47 bits per heavy atom. The van der Waals surface area contributed by atoms with Gasteiger partial charge in [0.1, 0.15) is 0 Å². The smallest absolute Gasteiger partial charge is 0.408 e. The summed E-state index contributed by atoms with van der Waals surface area (Å²) in [6.45, 7) is 2.60. The van der Waals surface area contributed by atoms with E-state index in [0.717, 1.165) is 5.52 Å². The molecule has 3 rings (SSSR count). The summed E-state index contributed by atoms with van der Waals surface area (Å²) >= 11 is 0. The van der Waals surface area contributed by atoms with E-state index in [1.165, 1.54) is 24.8 Å². The molecule has 0 spiro atoms. The molecular formula is C15H20N2O2. The lowest BCUT2D eigenvalue weighted by Crippen LogP contribution is -2.29. The van der Waals surface area contributed by atoms with Crippen LogP contribution in [0.15, 0.2) is 27.4 Å². The molecule has 0 bridgehead atoms. The zero-order valence-corrected chi connectivity index (χ0v) is 11.5. The maximum Gasteiger partial charge on any atom is 0.419 e. The molecule has 1 heterocycles. The highest BCUT2D eigenvalue weighted by Gasteiger charge is 2.27. The Kier molecular flexibility index (Phi) is 3.19. The summed E-state index contributed by atoms with van der Waals surface area (Å²) in [6.07, 6.45) is 3.89. The second kappa shape index (κ2) is 4.85. The van der Waals surface area contributed by atoms with Crippen molar-refractivity contribution in [1.29, 1.82) is 0 Å². The van der Waals surface area contributed by atoms with Gasteiger partial charge in [-0.2, -0.15) is 0 Å². The van der Waals surface area contributed by atoms with Crippen molar-refractivity contribution in [3.05, 3.63) is 34.3 Å². The molecule has 2 aromatic rings. The first-order chi connectivity index (χ1) is 9.24. The molecular weight excluding hydrogens is 240 g/mol. The van der Waals surface area contributed by atoms with Crippen molar-refractivity contribution in [2.75, 3.05) is 7.05 Å². The minimum Gasteiger partial charge on any atom is -0.408 e. The van der Waals surface area contributed by atoms with Crippen LogP contribution in [0, 0.1) is 5.92 Å². The van der Waals surface area contributed by atoms with Crippen LogP contribution < -0.4 is 11.1 Å². The van der Waals surface area contributed by atoms with E-state index in [9.17, 15) is 4.79 Å². The molecule has 1 aliphatic rings. The first-order valence-corrected chi connectivity index (χ1v) is 7.05. The van der Waals surface area contributed by atoms with Crippen LogP contribution in [-0.4, -0.2) is 11.6 Å². The molecule has 1 aromatic carbocycles. The van der Waals surface area contributed by atoms with E-state index in [0.29, 0.717) is 24.1 Å². The molecule has 1 fully saturated rings. The number of oxazole rings is 1. The molecule has 0 saturated heterocycles. The maximum absolute atomic E-state index is 11.7. The highest BCUT2D eigenvalue weighted by molar-refractivity contribution is 5.74. The van der Waals surface area contributed by atoms with Crippen molar-refractivity contribution in [3.63, 3.8) is 0 Å². The third-order valence-electron chi connectivity index (χ3n) is 4.30. The fourth-order valence-electron chi connectivity index (χ4n) is 3.02. The number of fused-ring (bicyclic) bond motifs is 1. The molecule has 1 saturated carbocycles. The highest BCUT2D eigenvalue weighted by Crippen LogP contribution is 2.38. The van der Waals surface area contributed by atoms with Gasteiger partial charge in [0.25, 0.3) is 0 Å². The van der Waals surface area contributed by atoms with Gasteiger partial charge in [-0.25, -0.2) is 4.79 Å². The zero-order valence-electron chi connectivity index (χ0n) is 11.5. The average Bonchev–Trinajstić information content (AvgIpc) is 2.67. The Bertz CT molecular complexity index is 637. The number of hydrogen-bond acceptors (Lipinski definition) is 3. The van der Waals surface area contributed by atoms with Gasteiger partial charge in [-0.15, -0.1) is 0 Å². The first-order valence-electron chi connectivity index (χ1n) is 7.05. The van der Waals surface area contributed by atoms with Crippen molar-refractivity contribution < 1.29 is 4.42 Å². The molecule has 1 N–H and O–H groups in total. The molecule has 4 nitrogen and oxygen atoms in total. The lowest BCUT2D eigenvalue weighted by atomic mass is 9.77. The molecule has 0 radical (unpaired) electrons. The first kappa shape index (κ1) is 12.5. The number of nitrogens with zero attached hydrogens (tertiary/aromatic N) is 1. The number of aryl methyl sites for hydroxylation is 1. The fourth-order valence-corrected chi connectivity index (χ4v) is 3.02. The second-order valence-corrected chi connectivity index (χ2v) is 5.30. The van der Waals surface area contributed by atoms with Crippen LogP contribution in [0.3, 0.4) is 0 Å². The predicted molar refractivity (Wildman–Crippen MR) is 75.3 cm³/mol. The van der Waals surface area contributed by atoms with Gasteiger partial charge in [0.05, 0.1) is 5.52 Å². The Morgan fingerprint density at radius 3 is 2.84 bits per heavy atom. The summed E-state index contributed by atoms with van der Waals surface area (Å²) in [5, 5.41) is 3.39. The standard InChI is InChI=1S/C15H20N2O2/c1-3-17-12-8-7-11(9-13(12)19-15(17)18)14(16-2)10-5-4-6-10/h7-10,14,16H,3-6H2,1-2H3. The number of aromatic nitrogens is 1. The topological polar surface area (TPSA) is 47.2 Å². The van der Waals surface area contributed by atoms with Gasteiger partial charge in [0, 0.05) is 12.6 Å². The van der Waals surface area contributed by atoms with E-state index in [1.54, 1.807) is 4.57 Å². The van der Waals surface area contributed by atoms with Gasteiger partial charge in [-0.05, 0) is 50.4 Å². The molecule has 1 atom stereocenters. The van der Waals surface area contributed by atoms with Gasteiger partial charge in [-0.1, -0.05) is 12.5 Å². The Hall–Kier alpha value is -1.55. The lowest BCUT2D eigenvalue weighted by molar-refractivity contribution is 0.239. The minimum absolute atomic E-state index is 0.265. The summed E-state index contributed by atoms with van der Waals surface area (Å²) in [5.41, 5.74) is 2.81. The van der Waals surface area contributed by atoms with Gasteiger partial charge >= 0.3 is 5.76 Å². The van der Waals surface area contributed by atoms with E-state index < -0.39 is 0 Å². The number of nitrogens with one attached hydrogen (secondary N) is 1. The van der Waals surface area contributed by atoms with Crippen molar-refractivity contribution >= 4 is 11.1 Å². The molecule has 0 amide bonds. The van der Waals surface area contributed by atoms with E-state index in [-0.39, 0.29) is 5.76 Å². The summed E-state index contributed by atoms with van der Waals surface area (Å²) < 4.78 is 7.00.